The second-order valence-corrected chi connectivity index (χ2v) is 11.8. The Morgan fingerprint density at radius 2 is 0.810 bits per heavy atom. The van der Waals surface area contributed by atoms with E-state index in [4.69, 9.17) is 13.6 Å². The molecule has 42 heavy (non-hydrogen) atoms. The fourth-order valence-corrected chi connectivity index (χ4v) is 6.65. The Bertz CT molecular complexity index is 2200. The summed E-state index contributed by atoms with van der Waals surface area (Å²) >= 11 is 0. The zero-order chi connectivity index (χ0) is 28.0. The molecule has 0 atom stereocenters. The summed E-state index contributed by atoms with van der Waals surface area (Å²) in [6.45, 7) is 4.58. The average Bonchev–Trinajstić information content (AvgIpc) is 3.58. The molecule has 200 valence electrons. The number of rotatable bonds is 2. The van der Waals surface area contributed by atoms with Crippen molar-refractivity contribution in [2.45, 2.75) is 19.3 Å². The second-order valence-electron chi connectivity index (χ2n) is 11.8. The standard InChI is InChI=1S/C39H26O3/c1-39(2)31-21-25(23-11-15-35-29(19-23)27-7-3-5-9-33(27)40-35)13-17-37(31)42-38-18-14-26(22-32(38)39)24-12-16-36-30(20-24)28-8-4-6-10-34(28)41-36/h3-22H,1-2H3. The Morgan fingerprint density at radius 1 is 0.405 bits per heavy atom. The van der Waals surface area contributed by atoms with E-state index in [0.29, 0.717) is 0 Å². The van der Waals surface area contributed by atoms with Crippen LogP contribution in [0.5, 0.6) is 11.5 Å². The van der Waals surface area contributed by atoms with Gasteiger partial charge in [0.2, 0.25) is 0 Å². The van der Waals surface area contributed by atoms with Crippen molar-refractivity contribution < 1.29 is 13.6 Å². The van der Waals surface area contributed by atoms with Crippen molar-refractivity contribution in [2.75, 3.05) is 0 Å². The normalized spacial score (nSPS) is 13.9. The summed E-state index contributed by atoms with van der Waals surface area (Å²) in [6.07, 6.45) is 0. The van der Waals surface area contributed by atoms with Crippen molar-refractivity contribution >= 4 is 43.9 Å². The van der Waals surface area contributed by atoms with Crippen molar-refractivity contribution in [3.63, 3.8) is 0 Å². The zero-order valence-electron chi connectivity index (χ0n) is 23.3. The summed E-state index contributed by atoms with van der Waals surface area (Å²) < 4.78 is 18.6. The van der Waals surface area contributed by atoms with Crippen molar-refractivity contribution in [1.29, 1.82) is 0 Å². The van der Waals surface area contributed by atoms with Gasteiger partial charge in [-0.1, -0.05) is 74.5 Å². The lowest BCUT2D eigenvalue weighted by molar-refractivity contribution is 0.418. The minimum Gasteiger partial charge on any atom is -0.457 e. The summed E-state index contributed by atoms with van der Waals surface area (Å²) in [5, 5.41) is 4.54. The van der Waals surface area contributed by atoms with Crippen molar-refractivity contribution in [3.8, 4) is 33.8 Å². The van der Waals surface area contributed by atoms with Gasteiger partial charge in [0.25, 0.3) is 0 Å². The Kier molecular flexibility index (Phi) is 4.67. The number of fused-ring (bicyclic) bond motifs is 8. The molecule has 0 unspecified atom stereocenters. The van der Waals surface area contributed by atoms with Crippen LogP contribution in [0, 0.1) is 0 Å². The summed E-state index contributed by atoms with van der Waals surface area (Å²) in [5.41, 5.74) is 10.4. The molecule has 0 amide bonds. The van der Waals surface area contributed by atoms with Crippen LogP contribution in [-0.4, -0.2) is 0 Å². The molecule has 1 aliphatic heterocycles. The van der Waals surface area contributed by atoms with Crippen molar-refractivity contribution in [1.82, 2.24) is 0 Å². The molecule has 3 heterocycles. The van der Waals surface area contributed by atoms with Crippen LogP contribution in [0.25, 0.3) is 66.1 Å². The maximum Gasteiger partial charge on any atom is 0.135 e. The topological polar surface area (TPSA) is 35.5 Å². The molecule has 0 saturated carbocycles. The van der Waals surface area contributed by atoms with Crippen LogP contribution < -0.4 is 4.74 Å². The first-order valence-electron chi connectivity index (χ1n) is 14.3. The summed E-state index contributed by atoms with van der Waals surface area (Å²) in [6, 6.07) is 42.5. The van der Waals surface area contributed by atoms with E-state index in [0.717, 1.165) is 77.6 Å². The highest BCUT2D eigenvalue weighted by Gasteiger charge is 2.35. The molecular weight excluding hydrogens is 516 g/mol. The van der Waals surface area contributed by atoms with E-state index in [9.17, 15) is 0 Å². The van der Waals surface area contributed by atoms with Gasteiger partial charge in [0.1, 0.15) is 33.8 Å². The van der Waals surface area contributed by atoms with Gasteiger partial charge in [-0.05, 0) is 82.9 Å². The molecule has 6 aromatic carbocycles. The third-order valence-electron chi connectivity index (χ3n) is 8.95. The maximum atomic E-state index is 6.50. The highest BCUT2D eigenvalue weighted by Crippen LogP contribution is 2.50. The smallest absolute Gasteiger partial charge is 0.135 e. The van der Waals surface area contributed by atoms with Crippen LogP contribution in [0.4, 0.5) is 0 Å². The van der Waals surface area contributed by atoms with Crippen LogP contribution >= 0.6 is 0 Å². The first-order chi connectivity index (χ1) is 20.5. The van der Waals surface area contributed by atoms with E-state index < -0.39 is 0 Å². The number of hydrogen-bond donors (Lipinski definition) is 0. The Morgan fingerprint density at radius 3 is 1.31 bits per heavy atom. The molecule has 0 radical (unpaired) electrons. The van der Waals surface area contributed by atoms with Gasteiger partial charge in [-0.3, -0.25) is 0 Å². The largest absolute Gasteiger partial charge is 0.457 e. The molecule has 3 heteroatoms. The summed E-state index contributed by atoms with van der Waals surface area (Å²) in [5.74, 6) is 1.82. The monoisotopic (exact) mass is 542 g/mol. The Balaban J connectivity index is 1.14. The van der Waals surface area contributed by atoms with E-state index in [2.05, 4.69) is 111 Å². The quantitative estimate of drug-likeness (QED) is 0.218. The molecule has 0 saturated heterocycles. The molecular formula is C39H26O3. The molecule has 0 aliphatic carbocycles. The van der Waals surface area contributed by atoms with Gasteiger partial charge in [0.05, 0.1) is 0 Å². The number of benzene rings is 6. The molecule has 0 bridgehead atoms. The lowest BCUT2D eigenvalue weighted by Crippen LogP contribution is -2.24. The number of hydrogen-bond acceptors (Lipinski definition) is 3. The highest BCUT2D eigenvalue weighted by molar-refractivity contribution is 6.07. The molecule has 1 aliphatic rings. The van der Waals surface area contributed by atoms with Gasteiger partial charge in [0.15, 0.2) is 0 Å². The average molecular weight is 543 g/mol. The summed E-state index contributed by atoms with van der Waals surface area (Å²) in [4.78, 5) is 0. The molecule has 3 nitrogen and oxygen atoms in total. The first-order valence-corrected chi connectivity index (χ1v) is 14.3. The van der Waals surface area contributed by atoms with Gasteiger partial charge in [0, 0.05) is 38.1 Å². The van der Waals surface area contributed by atoms with Crippen molar-refractivity contribution in [2.24, 2.45) is 0 Å². The van der Waals surface area contributed by atoms with Crippen LogP contribution in [0.15, 0.2) is 130 Å². The Hall–Kier alpha value is -5.28. The van der Waals surface area contributed by atoms with E-state index in [-0.39, 0.29) is 5.41 Å². The van der Waals surface area contributed by atoms with Crippen LogP contribution in [0.2, 0.25) is 0 Å². The van der Waals surface area contributed by atoms with Gasteiger partial charge in [-0.15, -0.1) is 0 Å². The first kappa shape index (κ1) is 23.4. The summed E-state index contributed by atoms with van der Waals surface area (Å²) in [7, 11) is 0. The number of furan rings is 2. The van der Waals surface area contributed by atoms with Crippen LogP contribution in [-0.2, 0) is 5.41 Å². The number of ether oxygens (including phenoxy) is 1. The minimum atomic E-state index is -0.256. The minimum absolute atomic E-state index is 0.256. The van der Waals surface area contributed by atoms with Gasteiger partial charge < -0.3 is 13.6 Å². The molecule has 0 fully saturated rings. The SMILES string of the molecule is CC1(C)c2cc(-c3ccc4oc5ccccc5c4c3)ccc2Oc2ccc(-c3ccc4oc5ccccc5c4c3)cc21. The van der Waals surface area contributed by atoms with Crippen molar-refractivity contribution in [3.05, 3.63) is 132 Å². The molecule has 0 spiro atoms. The zero-order valence-corrected chi connectivity index (χ0v) is 23.3. The van der Waals surface area contributed by atoms with E-state index in [1.165, 1.54) is 11.1 Å². The van der Waals surface area contributed by atoms with Crippen LogP contribution in [0.3, 0.4) is 0 Å². The molecule has 9 rings (SSSR count). The Labute approximate surface area is 242 Å². The van der Waals surface area contributed by atoms with E-state index in [1.54, 1.807) is 0 Å². The highest BCUT2D eigenvalue weighted by atomic mass is 16.5. The lowest BCUT2D eigenvalue weighted by Gasteiger charge is -2.35. The number of para-hydroxylation sites is 2. The third kappa shape index (κ3) is 3.34. The van der Waals surface area contributed by atoms with Crippen LogP contribution in [0.1, 0.15) is 25.0 Å². The molecule has 2 aromatic heterocycles. The lowest BCUT2D eigenvalue weighted by atomic mass is 9.74. The van der Waals surface area contributed by atoms with Gasteiger partial charge in [-0.2, -0.15) is 0 Å². The predicted octanol–water partition coefficient (Wildman–Crippen LogP) is 11.3. The second kappa shape index (κ2) is 8.37. The maximum absolute atomic E-state index is 6.50. The molecule has 8 aromatic rings. The fourth-order valence-electron chi connectivity index (χ4n) is 6.65. The van der Waals surface area contributed by atoms with E-state index >= 15 is 0 Å². The van der Waals surface area contributed by atoms with Gasteiger partial charge >= 0.3 is 0 Å². The van der Waals surface area contributed by atoms with Gasteiger partial charge in [-0.25, -0.2) is 0 Å². The predicted molar refractivity (Wildman–Crippen MR) is 171 cm³/mol. The molecule has 0 N–H and O–H groups in total. The fraction of sp³-hybridized carbons (Fsp3) is 0.0769. The third-order valence-corrected chi connectivity index (χ3v) is 8.95. The van der Waals surface area contributed by atoms with E-state index in [1.807, 2.05) is 24.3 Å².